The molecular formula is C17H17N3O3S2. The maximum atomic E-state index is 11.8. The minimum absolute atomic E-state index is 0.0486. The molecule has 0 atom stereocenters. The van der Waals surface area contributed by atoms with Crippen molar-refractivity contribution in [3.8, 4) is 11.7 Å². The monoisotopic (exact) mass is 375 g/mol. The molecule has 2 heterocycles. The van der Waals surface area contributed by atoms with Crippen LogP contribution < -0.4 is 5.32 Å². The average Bonchev–Trinajstić information content (AvgIpc) is 3.32. The fourth-order valence-corrected chi connectivity index (χ4v) is 3.42. The van der Waals surface area contributed by atoms with E-state index in [9.17, 15) is 4.79 Å². The smallest absolute Gasteiger partial charge is 0.284 e. The first-order valence-corrected chi connectivity index (χ1v) is 9.73. The molecule has 6 nitrogen and oxygen atoms in total. The molecule has 0 aliphatic heterocycles. The molecule has 1 amide bonds. The Hall–Kier alpha value is -2.19. The fourth-order valence-electron chi connectivity index (χ4n) is 1.95. The summed E-state index contributed by atoms with van der Waals surface area (Å²) in [4.78, 5) is 13.1. The van der Waals surface area contributed by atoms with Crippen molar-refractivity contribution in [1.82, 2.24) is 15.5 Å². The fraction of sp³-hybridized carbons (Fsp3) is 0.235. The molecule has 0 bridgehead atoms. The molecule has 0 fully saturated rings. The van der Waals surface area contributed by atoms with Crippen LogP contribution in [0.4, 0.5) is 0 Å². The Labute approximate surface area is 153 Å². The van der Waals surface area contributed by atoms with Crippen LogP contribution in [-0.4, -0.2) is 34.2 Å². The van der Waals surface area contributed by atoms with Crippen molar-refractivity contribution in [3.05, 3.63) is 48.7 Å². The Balaban J connectivity index is 1.30. The third kappa shape index (κ3) is 5.68. The van der Waals surface area contributed by atoms with E-state index >= 15 is 0 Å². The number of nitrogens with one attached hydrogen (secondary N) is 1. The van der Waals surface area contributed by atoms with Crippen molar-refractivity contribution in [2.75, 3.05) is 18.1 Å². The molecule has 1 N–H and O–H groups in total. The van der Waals surface area contributed by atoms with Gasteiger partial charge in [0.15, 0.2) is 5.76 Å². The van der Waals surface area contributed by atoms with E-state index in [-0.39, 0.29) is 11.7 Å². The van der Waals surface area contributed by atoms with Gasteiger partial charge in [0.25, 0.3) is 11.1 Å². The zero-order valence-electron chi connectivity index (χ0n) is 13.4. The van der Waals surface area contributed by atoms with Crippen LogP contribution in [-0.2, 0) is 4.79 Å². The number of aromatic nitrogens is 2. The van der Waals surface area contributed by atoms with Crippen LogP contribution in [0.1, 0.15) is 6.42 Å². The molecule has 0 saturated carbocycles. The highest BCUT2D eigenvalue weighted by Gasteiger charge is 2.12. The summed E-state index contributed by atoms with van der Waals surface area (Å²) in [7, 11) is 0. The molecule has 0 unspecified atom stereocenters. The molecule has 0 aliphatic rings. The van der Waals surface area contributed by atoms with E-state index in [1.807, 2.05) is 18.2 Å². The highest BCUT2D eigenvalue weighted by atomic mass is 32.2. The number of hydrogen-bond donors (Lipinski definition) is 1. The Bertz CT molecular complexity index is 776. The van der Waals surface area contributed by atoms with Gasteiger partial charge in [-0.25, -0.2) is 0 Å². The highest BCUT2D eigenvalue weighted by molar-refractivity contribution is 7.99. The predicted octanol–water partition coefficient (Wildman–Crippen LogP) is 3.72. The second kappa shape index (κ2) is 9.33. The van der Waals surface area contributed by atoms with Gasteiger partial charge in [-0.05, 0) is 36.4 Å². The topological polar surface area (TPSA) is 81.2 Å². The number of nitrogens with zero attached hydrogens (tertiary/aromatic N) is 2. The molecule has 130 valence electrons. The van der Waals surface area contributed by atoms with Crippen LogP contribution in [0.5, 0.6) is 0 Å². The molecule has 0 saturated heterocycles. The van der Waals surface area contributed by atoms with E-state index in [1.54, 1.807) is 23.9 Å². The Kier molecular flexibility index (Phi) is 6.58. The second-order valence-corrected chi connectivity index (χ2v) is 7.10. The molecule has 3 aromatic rings. The normalized spacial score (nSPS) is 10.7. The standard InChI is InChI=1S/C17H17N3O3S2/c21-15(18-9-5-11-24-13-6-2-1-3-7-13)12-25-17-20-19-16(23-17)14-8-4-10-22-14/h1-4,6-8,10H,5,9,11-12H2,(H,18,21). The maximum absolute atomic E-state index is 11.8. The van der Waals surface area contributed by atoms with Gasteiger partial charge in [0.2, 0.25) is 5.91 Å². The quantitative estimate of drug-likeness (QED) is 0.451. The van der Waals surface area contributed by atoms with Crippen molar-refractivity contribution < 1.29 is 13.6 Å². The third-order valence-corrected chi connectivity index (χ3v) is 5.04. The number of carbonyl (C=O) groups excluding carboxylic acids is 1. The number of benzene rings is 1. The van der Waals surface area contributed by atoms with Gasteiger partial charge in [-0.3, -0.25) is 4.79 Å². The lowest BCUT2D eigenvalue weighted by Crippen LogP contribution is -2.26. The Morgan fingerprint density at radius 2 is 1.96 bits per heavy atom. The first-order chi connectivity index (χ1) is 12.3. The van der Waals surface area contributed by atoms with Gasteiger partial charge in [-0.15, -0.1) is 22.0 Å². The van der Waals surface area contributed by atoms with E-state index in [4.69, 9.17) is 8.83 Å². The number of thioether (sulfide) groups is 2. The Morgan fingerprint density at radius 1 is 1.08 bits per heavy atom. The highest BCUT2D eigenvalue weighted by Crippen LogP contribution is 2.23. The number of hydrogen-bond acceptors (Lipinski definition) is 7. The van der Waals surface area contributed by atoms with Crippen LogP contribution in [0.3, 0.4) is 0 Å². The molecule has 8 heteroatoms. The summed E-state index contributed by atoms with van der Waals surface area (Å²) in [6.45, 7) is 0.653. The molecule has 2 aromatic heterocycles. The maximum Gasteiger partial charge on any atom is 0.284 e. The molecule has 0 radical (unpaired) electrons. The van der Waals surface area contributed by atoms with Crippen LogP contribution in [0.15, 0.2) is 67.7 Å². The molecule has 25 heavy (non-hydrogen) atoms. The lowest BCUT2D eigenvalue weighted by molar-refractivity contribution is -0.118. The molecule has 1 aromatic carbocycles. The van der Waals surface area contributed by atoms with Crippen molar-refractivity contribution in [2.45, 2.75) is 16.5 Å². The number of amides is 1. The van der Waals surface area contributed by atoms with Gasteiger partial charge in [-0.2, -0.15) is 0 Å². The molecule has 0 aliphatic carbocycles. The van der Waals surface area contributed by atoms with Crippen molar-refractivity contribution in [1.29, 1.82) is 0 Å². The summed E-state index contributed by atoms with van der Waals surface area (Å²) in [5.74, 6) is 1.98. The lowest BCUT2D eigenvalue weighted by Gasteiger charge is -2.04. The van der Waals surface area contributed by atoms with Gasteiger partial charge in [0.1, 0.15) is 0 Å². The molecule has 3 rings (SSSR count). The van der Waals surface area contributed by atoms with Gasteiger partial charge in [0, 0.05) is 11.4 Å². The van der Waals surface area contributed by atoms with Gasteiger partial charge in [0.05, 0.1) is 12.0 Å². The van der Waals surface area contributed by atoms with Crippen molar-refractivity contribution >= 4 is 29.4 Å². The van der Waals surface area contributed by atoms with E-state index in [1.165, 1.54) is 22.9 Å². The average molecular weight is 375 g/mol. The van der Waals surface area contributed by atoms with Gasteiger partial charge < -0.3 is 14.2 Å². The number of rotatable bonds is 9. The summed E-state index contributed by atoms with van der Waals surface area (Å²) in [6, 6.07) is 13.7. The van der Waals surface area contributed by atoms with E-state index in [2.05, 4.69) is 27.6 Å². The van der Waals surface area contributed by atoms with Crippen LogP contribution in [0, 0.1) is 0 Å². The first-order valence-electron chi connectivity index (χ1n) is 7.76. The summed E-state index contributed by atoms with van der Waals surface area (Å²) >= 11 is 2.99. The first kappa shape index (κ1) is 17.6. The summed E-state index contributed by atoms with van der Waals surface area (Å²) < 4.78 is 10.6. The Morgan fingerprint density at radius 3 is 2.76 bits per heavy atom. The number of carbonyl (C=O) groups is 1. The lowest BCUT2D eigenvalue weighted by atomic mass is 10.4. The van der Waals surface area contributed by atoms with Crippen LogP contribution in [0.25, 0.3) is 11.7 Å². The predicted molar refractivity (Wildman–Crippen MR) is 97.5 cm³/mol. The van der Waals surface area contributed by atoms with E-state index in [0.29, 0.717) is 23.4 Å². The van der Waals surface area contributed by atoms with E-state index < -0.39 is 0 Å². The van der Waals surface area contributed by atoms with Gasteiger partial charge in [-0.1, -0.05) is 30.0 Å². The summed E-state index contributed by atoms with van der Waals surface area (Å²) in [5, 5.41) is 11.0. The number of furan rings is 1. The molecular weight excluding hydrogens is 358 g/mol. The third-order valence-electron chi connectivity index (χ3n) is 3.12. The van der Waals surface area contributed by atoms with Crippen molar-refractivity contribution in [2.24, 2.45) is 0 Å². The van der Waals surface area contributed by atoms with Crippen molar-refractivity contribution in [3.63, 3.8) is 0 Å². The van der Waals surface area contributed by atoms with Gasteiger partial charge >= 0.3 is 0 Å². The zero-order chi connectivity index (χ0) is 17.3. The van der Waals surface area contributed by atoms with Crippen LogP contribution in [0.2, 0.25) is 0 Å². The zero-order valence-corrected chi connectivity index (χ0v) is 15.0. The molecule has 0 spiro atoms. The minimum Gasteiger partial charge on any atom is -0.459 e. The van der Waals surface area contributed by atoms with Crippen LogP contribution >= 0.6 is 23.5 Å². The SMILES string of the molecule is O=C(CSc1nnc(-c2ccco2)o1)NCCCSc1ccccc1. The summed E-state index contributed by atoms with van der Waals surface area (Å²) in [6.07, 6.45) is 2.45. The second-order valence-electron chi connectivity index (χ2n) is 5.00. The largest absolute Gasteiger partial charge is 0.459 e. The summed E-state index contributed by atoms with van der Waals surface area (Å²) in [5.41, 5.74) is 0. The minimum atomic E-state index is -0.0486. The van der Waals surface area contributed by atoms with E-state index in [0.717, 1.165) is 12.2 Å².